The number of carbonyl (C=O) groups excluding carboxylic acids is 1. The molecule has 0 aliphatic heterocycles. The number of alkyl halides is 1. The van der Waals surface area contributed by atoms with E-state index >= 15 is 0 Å². The predicted molar refractivity (Wildman–Crippen MR) is 123 cm³/mol. The fourth-order valence-electron chi connectivity index (χ4n) is 3.64. The topological polar surface area (TPSA) is 107 Å². The maximum Gasteiger partial charge on any atom is 0.409 e. The van der Waals surface area contributed by atoms with E-state index < -0.39 is 12.3 Å². The van der Waals surface area contributed by atoms with Gasteiger partial charge in [-0.1, -0.05) is 6.42 Å². The summed E-state index contributed by atoms with van der Waals surface area (Å²) >= 11 is 0. The van der Waals surface area contributed by atoms with Crippen LogP contribution in [0.3, 0.4) is 0 Å². The van der Waals surface area contributed by atoms with E-state index in [2.05, 4.69) is 4.98 Å². The smallest absolute Gasteiger partial charge is 0.409 e. The number of nitrogens with zero attached hydrogens (tertiary/aromatic N) is 3. The second kappa shape index (κ2) is 12.5. The number of aryl methyl sites for hydroxylation is 1. The molecule has 2 rings (SSSR count). The van der Waals surface area contributed by atoms with E-state index in [4.69, 9.17) is 21.1 Å². The van der Waals surface area contributed by atoms with Gasteiger partial charge < -0.3 is 25.1 Å². The van der Waals surface area contributed by atoms with Crippen molar-refractivity contribution in [2.24, 2.45) is 11.6 Å². The van der Waals surface area contributed by atoms with Crippen LogP contribution in [0.4, 0.5) is 9.18 Å². The molecule has 180 valence electrons. The monoisotopic (exact) mass is 451 g/mol. The van der Waals surface area contributed by atoms with Crippen LogP contribution in [0.15, 0.2) is 17.8 Å². The molecular formula is C23H38FN5O3. The Bertz CT molecular complexity index is 779. The molecule has 1 aliphatic carbocycles. The van der Waals surface area contributed by atoms with Crippen molar-refractivity contribution in [2.45, 2.75) is 71.1 Å². The Hall–Kier alpha value is -2.55. The number of likely N-dealkylation sites (N-methyl/N-ethyl adjacent to an activating group) is 1. The number of aromatic nitrogens is 1. The van der Waals surface area contributed by atoms with Crippen molar-refractivity contribution < 1.29 is 18.7 Å². The molecule has 9 heteroatoms. The molecule has 1 fully saturated rings. The van der Waals surface area contributed by atoms with Gasteiger partial charge in [-0.15, -0.1) is 0 Å². The lowest BCUT2D eigenvalue weighted by atomic mass is 9.98. The number of amides is 1. The molecule has 1 saturated carbocycles. The highest BCUT2D eigenvalue weighted by molar-refractivity contribution is 5.68. The van der Waals surface area contributed by atoms with E-state index in [1.807, 2.05) is 13.0 Å². The lowest BCUT2D eigenvalue weighted by molar-refractivity contribution is 0.112. The predicted octanol–water partition coefficient (Wildman–Crippen LogP) is 3.74. The first-order chi connectivity index (χ1) is 15.2. The third kappa shape index (κ3) is 7.85. The molecule has 1 amide bonds. The summed E-state index contributed by atoms with van der Waals surface area (Å²) in [6, 6.07) is 3.66. The van der Waals surface area contributed by atoms with Crippen molar-refractivity contribution >= 4 is 11.8 Å². The maximum atomic E-state index is 12.9. The zero-order valence-electron chi connectivity index (χ0n) is 19.8. The Balaban J connectivity index is 2.03. The van der Waals surface area contributed by atoms with Gasteiger partial charge in [-0.3, -0.25) is 0 Å². The van der Waals surface area contributed by atoms with Crippen molar-refractivity contribution in [2.75, 3.05) is 27.2 Å². The van der Waals surface area contributed by atoms with Crippen LogP contribution < -0.4 is 16.3 Å². The molecular weight excluding hydrogens is 413 g/mol. The summed E-state index contributed by atoms with van der Waals surface area (Å²) < 4.78 is 24.4. The van der Waals surface area contributed by atoms with E-state index in [9.17, 15) is 9.18 Å². The minimum absolute atomic E-state index is 0.109. The highest BCUT2D eigenvalue weighted by Crippen LogP contribution is 2.26. The average molecular weight is 452 g/mol. The lowest BCUT2D eigenvalue weighted by Gasteiger charge is -2.24. The molecule has 0 saturated heterocycles. The number of hydrazine groups is 1. The van der Waals surface area contributed by atoms with Crippen LogP contribution in [0.25, 0.3) is 5.70 Å². The fourth-order valence-corrected chi connectivity index (χ4v) is 3.64. The standard InChI is InChI=1S/C23H38FN5O3/c1-16(24)9-8-14-28(3)23(30)31-15-20(29(4)26)22(25)19-12-13-21(17(2)27-19)32-18-10-6-5-7-11-18/h12-13,16,18H,5-11,14-15,25-26H2,1-4H3/b22-20-. The van der Waals surface area contributed by atoms with Gasteiger partial charge in [-0.25, -0.2) is 20.0 Å². The summed E-state index contributed by atoms with van der Waals surface area (Å²) in [7, 11) is 3.23. The van der Waals surface area contributed by atoms with Gasteiger partial charge >= 0.3 is 6.09 Å². The molecule has 8 nitrogen and oxygen atoms in total. The summed E-state index contributed by atoms with van der Waals surface area (Å²) in [5.41, 5.74) is 8.36. The highest BCUT2D eigenvalue weighted by Gasteiger charge is 2.19. The molecule has 0 spiro atoms. The van der Waals surface area contributed by atoms with Crippen molar-refractivity contribution in [1.29, 1.82) is 0 Å². The van der Waals surface area contributed by atoms with Gasteiger partial charge in [-0.2, -0.15) is 0 Å². The first-order valence-corrected chi connectivity index (χ1v) is 11.3. The molecule has 1 aromatic heterocycles. The summed E-state index contributed by atoms with van der Waals surface area (Å²) in [4.78, 5) is 18.2. The average Bonchev–Trinajstić information content (AvgIpc) is 2.75. The number of rotatable bonds is 10. The molecule has 1 aromatic rings. The Kier molecular flexibility index (Phi) is 10.0. The Morgan fingerprint density at radius 2 is 1.97 bits per heavy atom. The van der Waals surface area contributed by atoms with Crippen LogP contribution in [-0.2, 0) is 4.74 Å². The van der Waals surface area contributed by atoms with Gasteiger partial charge in [0.1, 0.15) is 12.4 Å². The minimum atomic E-state index is -0.893. The Labute approximate surface area is 190 Å². The molecule has 0 radical (unpaired) electrons. The zero-order valence-corrected chi connectivity index (χ0v) is 19.8. The van der Waals surface area contributed by atoms with Crippen LogP contribution in [0, 0.1) is 6.92 Å². The van der Waals surface area contributed by atoms with E-state index in [1.54, 1.807) is 20.2 Å². The first kappa shape index (κ1) is 25.7. The van der Waals surface area contributed by atoms with Crippen molar-refractivity contribution in [3.63, 3.8) is 0 Å². The SMILES string of the molecule is Cc1nc(/C(N)=C(\COC(=O)N(C)CCCC(C)F)N(C)N)ccc1OC1CCCCC1. The summed E-state index contributed by atoms with van der Waals surface area (Å²) in [5, 5.41) is 1.32. The fraction of sp³-hybridized carbons (Fsp3) is 0.652. The van der Waals surface area contributed by atoms with E-state index in [0.717, 1.165) is 24.3 Å². The van der Waals surface area contributed by atoms with Gasteiger partial charge in [0.05, 0.1) is 35.1 Å². The number of hydrogen-bond donors (Lipinski definition) is 2. The van der Waals surface area contributed by atoms with Gasteiger partial charge in [0.15, 0.2) is 0 Å². The molecule has 1 heterocycles. The van der Waals surface area contributed by atoms with Crippen LogP contribution in [-0.4, -0.2) is 60.5 Å². The van der Waals surface area contributed by atoms with Crippen molar-refractivity contribution in [1.82, 2.24) is 14.9 Å². The first-order valence-electron chi connectivity index (χ1n) is 11.3. The van der Waals surface area contributed by atoms with Crippen LogP contribution in [0.5, 0.6) is 5.75 Å². The summed E-state index contributed by atoms with van der Waals surface area (Å²) in [6.07, 6.45) is 5.56. The molecule has 1 aliphatic rings. The number of nitrogens with two attached hydrogens (primary N) is 2. The van der Waals surface area contributed by atoms with Gasteiger partial charge in [-0.05, 0) is 64.5 Å². The molecule has 0 bridgehead atoms. The van der Waals surface area contributed by atoms with Crippen LogP contribution >= 0.6 is 0 Å². The third-order valence-electron chi connectivity index (χ3n) is 5.64. The number of hydrogen-bond acceptors (Lipinski definition) is 7. The largest absolute Gasteiger partial charge is 0.489 e. The minimum Gasteiger partial charge on any atom is -0.489 e. The quantitative estimate of drug-likeness (QED) is 0.412. The van der Waals surface area contributed by atoms with E-state index in [1.165, 1.54) is 36.1 Å². The number of ether oxygens (including phenoxy) is 2. The molecule has 0 aromatic carbocycles. The van der Waals surface area contributed by atoms with Crippen LogP contribution in [0.2, 0.25) is 0 Å². The Morgan fingerprint density at radius 3 is 2.56 bits per heavy atom. The number of pyridine rings is 1. The molecule has 4 N–H and O–H groups in total. The number of halogens is 1. The van der Waals surface area contributed by atoms with Crippen molar-refractivity contribution in [3.05, 3.63) is 29.2 Å². The third-order valence-corrected chi connectivity index (χ3v) is 5.64. The number of carbonyl (C=O) groups is 1. The summed E-state index contributed by atoms with van der Waals surface area (Å²) in [5.74, 6) is 6.70. The second-order valence-corrected chi connectivity index (χ2v) is 8.53. The van der Waals surface area contributed by atoms with Gasteiger partial charge in [0.2, 0.25) is 0 Å². The van der Waals surface area contributed by atoms with Crippen LogP contribution in [0.1, 0.15) is 63.3 Å². The molecule has 32 heavy (non-hydrogen) atoms. The second-order valence-electron chi connectivity index (χ2n) is 8.53. The van der Waals surface area contributed by atoms with Gasteiger partial charge in [0.25, 0.3) is 0 Å². The highest BCUT2D eigenvalue weighted by atomic mass is 19.1. The van der Waals surface area contributed by atoms with E-state index in [-0.39, 0.29) is 12.7 Å². The summed E-state index contributed by atoms with van der Waals surface area (Å²) in [6.45, 7) is 3.68. The van der Waals surface area contributed by atoms with E-state index in [0.29, 0.717) is 36.5 Å². The zero-order chi connectivity index (χ0) is 23.7. The van der Waals surface area contributed by atoms with Gasteiger partial charge in [0, 0.05) is 20.6 Å². The lowest BCUT2D eigenvalue weighted by Crippen LogP contribution is -2.34. The normalized spacial score (nSPS) is 16.2. The maximum absolute atomic E-state index is 12.9. The molecule has 1 atom stereocenters. The molecule has 1 unspecified atom stereocenters. The Morgan fingerprint density at radius 1 is 1.28 bits per heavy atom. The van der Waals surface area contributed by atoms with Crippen molar-refractivity contribution in [3.8, 4) is 5.75 Å².